The van der Waals surface area contributed by atoms with Crippen LogP contribution in [0.15, 0.2) is 42.7 Å². The van der Waals surface area contributed by atoms with Crippen molar-refractivity contribution in [2.45, 2.75) is 6.17 Å². The van der Waals surface area contributed by atoms with Crippen molar-refractivity contribution in [1.29, 1.82) is 0 Å². The third-order valence-corrected chi connectivity index (χ3v) is 2.83. The number of benzene rings is 1. The van der Waals surface area contributed by atoms with Crippen molar-refractivity contribution in [3.63, 3.8) is 0 Å². The van der Waals surface area contributed by atoms with Crippen molar-refractivity contribution >= 4 is 17.3 Å². The van der Waals surface area contributed by atoms with E-state index in [0.717, 1.165) is 11.4 Å². The monoisotopic (exact) mass is 227 g/mol. The lowest BCUT2D eigenvalue weighted by atomic mass is 10.2. The molecule has 1 aliphatic heterocycles. The van der Waals surface area contributed by atoms with Crippen LogP contribution in [0.5, 0.6) is 0 Å². The van der Waals surface area contributed by atoms with E-state index >= 15 is 0 Å². The molecule has 17 heavy (non-hydrogen) atoms. The molecule has 85 valence electrons. The van der Waals surface area contributed by atoms with Crippen LogP contribution >= 0.6 is 0 Å². The Balaban J connectivity index is 2.05. The standard InChI is InChI=1S/C12H11N4O/c1-15-10-6-3-2-5-9(10)14-11(12(15)17)16-8-4-7-13-16/h2-8,11H,1H3. The average Bonchev–Trinajstić information content (AvgIpc) is 2.87. The van der Waals surface area contributed by atoms with Gasteiger partial charge in [-0.3, -0.25) is 4.79 Å². The molecular formula is C12H11N4O. The van der Waals surface area contributed by atoms with Crippen LogP contribution < -0.4 is 10.2 Å². The summed E-state index contributed by atoms with van der Waals surface area (Å²) in [5.41, 5.74) is 1.65. The first-order valence-electron chi connectivity index (χ1n) is 5.34. The molecule has 0 spiro atoms. The van der Waals surface area contributed by atoms with Gasteiger partial charge < -0.3 is 4.90 Å². The Morgan fingerprint density at radius 3 is 2.82 bits per heavy atom. The van der Waals surface area contributed by atoms with Crippen LogP contribution in [-0.2, 0) is 4.79 Å². The van der Waals surface area contributed by atoms with Gasteiger partial charge in [0, 0.05) is 19.4 Å². The molecule has 2 heterocycles. The fourth-order valence-electron chi connectivity index (χ4n) is 1.93. The maximum atomic E-state index is 12.2. The zero-order valence-electron chi connectivity index (χ0n) is 9.32. The summed E-state index contributed by atoms with van der Waals surface area (Å²) in [5.74, 6) is -0.0765. The van der Waals surface area contributed by atoms with Crippen LogP contribution in [0.1, 0.15) is 6.17 Å². The summed E-state index contributed by atoms with van der Waals surface area (Å²) in [6.45, 7) is 0. The molecule has 1 aromatic carbocycles. The first-order chi connectivity index (χ1) is 8.27. The highest BCUT2D eigenvalue weighted by atomic mass is 16.2. The van der Waals surface area contributed by atoms with E-state index < -0.39 is 6.17 Å². The second kappa shape index (κ2) is 3.62. The number of carbonyl (C=O) groups is 1. The molecule has 0 fully saturated rings. The van der Waals surface area contributed by atoms with Gasteiger partial charge in [-0.2, -0.15) is 5.10 Å². The third kappa shape index (κ3) is 1.47. The van der Waals surface area contributed by atoms with Crippen molar-refractivity contribution in [1.82, 2.24) is 15.1 Å². The Morgan fingerprint density at radius 1 is 1.24 bits per heavy atom. The average molecular weight is 227 g/mol. The number of fused-ring (bicyclic) bond motifs is 1. The van der Waals surface area contributed by atoms with E-state index in [1.54, 1.807) is 35.1 Å². The van der Waals surface area contributed by atoms with Crippen molar-refractivity contribution < 1.29 is 4.79 Å². The first kappa shape index (κ1) is 9.89. The van der Waals surface area contributed by atoms with Gasteiger partial charge in [0.2, 0.25) is 6.17 Å². The highest BCUT2D eigenvalue weighted by molar-refractivity contribution is 6.00. The lowest BCUT2D eigenvalue weighted by Crippen LogP contribution is -2.42. The number of nitrogens with zero attached hydrogens (tertiary/aromatic N) is 4. The number of amides is 1. The summed E-state index contributed by atoms with van der Waals surface area (Å²) in [6, 6.07) is 9.37. The van der Waals surface area contributed by atoms with Gasteiger partial charge in [0.05, 0.1) is 11.4 Å². The summed E-state index contributed by atoms with van der Waals surface area (Å²) in [4.78, 5) is 13.8. The van der Waals surface area contributed by atoms with Crippen molar-refractivity contribution in [3.05, 3.63) is 42.7 Å². The molecule has 5 heteroatoms. The molecule has 0 aliphatic carbocycles. The molecule has 1 unspecified atom stereocenters. The number of para-hydroxylation sites is 2. The summed E-state index contributed by atoms with van der Waals surface area (Å²) < 4.78 is 1.56. The number of aromatic nitrogens is 2. The molecule has 5 nitrogen and oxygen atoms in total. The highest BCUT2D eigenvalue weighted by Crippen LogP contribution is 2.33. The highest BCUT2D eigenvalue weighted by Gasteiger charge is 2.32. The van der Waals surface area contributed by atoms with Crippen molar-refractivity contribution in [2.24, 2.45) is 0 Å². The van der Waals surface area contributed by atoms with E-state index in [2.05, 4.69) is 10.4 Å². The summed E-state index contributed by atoms with van der Waals surface area (Å²) in [5, 5.41) is 8.50. The topological polar surface area (TPSA) is 52.2 Å². The Hall–Kier alpha value is -2.30. The van der Waals surface area contributed by atoms with E-state index in [1.165, 1.54) is 0 Å². The van der Waals surface area contributed by atoms with Gasteiger partial charge in [0.15, 0.2) is 0 Å². The Morgan fingerprint density at radius 2 is 2.06 bits per heavy atom. The van der Waals surface area contributed by atoms with Crippen molar-refractivity contribution in [2.75, 3.05) is 11.9 Å². The predicted molar refractivity (Wildman–Crippen MR) is 62.9 cm³/mol. The van der Waals surface area contributed by atoms with Gasteiger partial charge in [-0.1, -0.05) is 12.1 Å². The third-order valence-electron chi connectivity index (χ3n) is 2.83. The second-order valence-corrected chi connectivity index (χ2v) is 3.87. The SMILES string of the molecule is CN1C(=O)C(n2cccn2)[N]c2ccccc21. The van der Waals surface area contributed by atoms with Crippen LogP contribution in [0.2, 0.25) is 0 Å². The van der Waals surface area contributed by atoms with Crippen LogP contribution in [0.3, 0.4) is 0 Å². The largest absolute Gasteiger partial charge is 0.310 e. The molecule has 1 amide bonds. The van der Waals surface area contributed by atoms with E-state index in [9.17, 15) is 4.79 Å². The summed E-state index contributed by atoms with van der Waals surface area (Å²) in [7, 11) is 1.76. The molecule has 1 radical (unpaired) electrons. The zero-order valence-corrected chi connectivity index (χ0v) is 9.32. The van der Waals surface area contributed by atoms with Gasteiger partial charge in [0.25, 0.3) is 5.91 Å². The van der Waals surface area contributed by atoms with E-state index in [-0.39, 0.29) is 5.91 Å². The maximum Gasteiger partial charge on any atom is 0.274 e. The summed E-state index contributed by atoms with van der Waals surface area (Å²) >= 11 is 0. The quantitative estimate of drug-likeness (QED) is 0.737. The number of anilines is 1. The van der Waals surface area contributed by atoms with Crippen LogP contribution in [0, 0.1) is 0 Å². The molecule has 0 bridgehead atoms. The molecule has 1 atom stereocenters. The number of hydrogen-bond donors (Lipinski definition) is 0. The van der Waals surface area contributed by atoms with E-state index in [4.69, 9.17) is 0 Å². The minimum atomic E-state index is -0.593. The van der Waals surface area contributed by atoms with Crippen LogP contribution in [-0.4, -0.2) is 22.7 Å². The lowest BCUT2D eigenvalue weighted by Gasteiger charge is -2.30. The molecule has 0 saturated carbocycles. The maximum absolute atomic E-state index is 12.2. The first-order valence-corrected chi connectivity index (χ1v) is 5.34. The minimum Gasteiger partial charge on any atom is -0.310 e. The minimum absolute atomic E-state index is 0.0765. The fraction of sp³-hybridized carbons (Fsp3) is 0.167. The van der Waals surface area contributed by atoms with Gasteiger partial charge >= 0.3 is 0 Å². The lowest BCUT2D eigenvalue weighted by molar-refractivity contribution is -0.122. The van der Waals surface area contributed by atoms with Crippen LogP contribution in [0.25, 0.3) is 0 Å². The van der Waals surface area contributed by atoms with Crippen LogP contribution in [0.4, 0.5) is 11.4 Å². The fourth-order valence-corrected chi connectivity index (χ4v) is 1.93. The predicted octanol–water partition coefficient (Wildman–Crippen LogP) is 1.29. The normalized spacial score (nSPS) is 18.8. The molecule has 0 N–H and O–H groups in total. The number of rotatable bonds is 1. The number of carbonyl (C=O) groups excluding carboxylic acids is 1. The Kier molecular flexibility index (Phi) is 2.11. The molecule has 3 rings (SSSR count). The molecule has 2 aromatic rings. The molecule has 0 saturated heterocycles. The van der Waals surface area contributed by atoms with Crippen molar-refractivity contribution in [3.8, 4) is 0 Å². The number of likely N-dealkylation sites (N-methyl/N-ethyl adjacent to an activating group) is 1. The smallest absolute Gasteiger partial charge is 0.274 e. The van der Waals surface area contributed by atoms with Gasteiger partial charge in [-0.15, -0.1) is 0 Å². The van der Waals surface area contributed by atoms with E-state index in [1.807, 2.05) is 24.3 Å². The van der Waals surface area contributed by atoms with Gasteiger partial charge in [-0.25, -0.2) is 10.00 Å². The van der Waals surface area contributed by atoms with Gasteiger partial charge in [-0.05, 0) is 18.2 Å². The number of hydrogen-bond acceptors (Lipinski definition) is 2. The summed E-state index contributed by atoms with van der Waals surface area (Å²) in [6.07, 6.45) is 2.79. The Bertz CT molecular complexity index is 549. The molecule has 1 aliphatic rings. The molecular weight excluding hydrogens is 216 g/mol. The Labute approximate surface area is 98.7 Å². The zero-order chi connectivity index (χ0) is 11.8. The molecule has 1 aromatic heterocycles. The van der Waals surface area contributed by atoms with Gasteiger partial charge in [0.1, 0.15) is 0 Å². The second-order valence-electron chi connectivity index (χ2n) is 3.87. The van der Waals surface area contributed by atoms with E-state index in [0.29, 0.717) is 0 Å².